The van der Waals surface area contributed by atoms with Gasteiger partial charge in [0.1, 0.15) is 58.1 Å². The molecule has 10 rings (SSSR count). The summed E-state index contributed by atoms with van der Waals surface area (Å²) >= 11 is 0. The Morgan fingerprint density at radius 1 is 0.500 bits per heavy atom. The number of aryl methyl sites for hydroxylation is 4. The van der Waals surface area contributed by atoms with Crippen LogP contribution in [0, 0.1) is 27.7 Å². The molecule has 0 aliphatic carbocycles. The minimum Gasteiger partial charge on any atom is -0.494 e. The molecule has 0 N–H and O–H groups in total. The molecule has 8 heterocycles. The van der Waals surface area contributed by atoms with E-state index < -0.39 is 53.9 Å². The average molecular weight is 1100 g/mol. The van der Waals surface area contributed by atoms with Crippen LogP contribution in [0.3, 0.4) is 0 Å². The number of ether oxygens (including phenoxy) is 6. The van der Waals surface area contributed by atoms with Gasteiger partial charge in [-0.1, -0.05) is 12.1 Å². The minimum atomic E-state index is -3.82. The van der Waals surface area contributed by atoms with Crippen LogP contribution in [0.4, 0.5) is 0 Å². The van der Waals surface area contributed by atoms with E-state index in [1.165, 1.54) is 0 Å². The molecule has 0 saturated carbocycles. The van der Waals surface area contributed by atoms with Crippen molar-refractivity contribution in [2.75, 3.05) is 41.7 Å². The number of rotatable bonds is 16. The summed E-state index contributed by atoms with van der Waals surface area (Å²) in [5.41, 5.74) is 5.93. The predicted octanol–water partition coefficient (Wildman–Crippen LogP) is 7.18. The molecule has 78 heavy (non-hydrogen) atoms. The molecule has 408 valence electrons. The minimum absolute atomic E-state index is 0.212. The third-order valence-electron chi connectivity index (χ3n) is 13.2. The largest absolute Gasteiger partial charge is 0.494 e. The lowest BCUT2D eigenvalue weighted by atomic mass is 10.1. The number of hydrogen-bond acceptors (Lipinski definition) is 20. The predicted molar refractivity (Wildman–Crippen MR) is 287 cm³/mol. The topological polar surface area (TPSA) is 262 Å². The molecular weight excluding hydrogens is 1040 g/mol. The molecule has 2 aromatic carbocycles. The van der Waals surface area contributed by atoms with Crippen molar-refractivity contribution < 1.29 is 45.3 Å². The Labute approximate surface area is 452 Å². The quantitative estimate of drug-likeness (QED) is 0.0927. The molecule has 24 heteroatoms. The van der Waals surface area contributed by atoms with E-state index in [1.54, 1.807) is 124 Å². The van der Waals surface area contributed by atoms with Crippen molar-refractivity contribution in [1.29, 1.82) is 0 Å². The van der Waals surface area contributed by atoms with Gasteiger partial charge in [-0.3, -0.25) is 19.1 Å². The SMILES string of the molecule is COc1cccc(OC)c1-n1c(CS(=O)(=O)[C@@H]2CCCO[C@H]2c2ncc(C)cn2)nnc1-c1cncc(C)c1.COc1cccc(OC)c1-n1c(CS(=O)(=O)[C@H]2CCCO[C@@H]2c2ncc(C)cn2)nnc1-c1cncc(C)c1. The number of sulfone groups is 2. The van der Waals surface area contributed by atoms with Crippen molar-refractivity contribution in [3.05, 3.63) is 144 Å². The summed E-state index contributed by atoms with van der Waals surface area (Å²) in [5, 5.41) is 15.9. The van der Waals surface area contributed by atoms with Crippen LogP contribution in [-0.2, 0) is 40.7 Å². The first-order valence-corrected chi connectivity index (χ1v) is 28.5. The first-order valence-electron chi connectivity index (χ1n) is 25.0. The molecule has 0 spiro atoms. The van der Waals surface area contributed by atoms with Crippen molar-refractivity contribution in [2.24, 2.45) is 0 Å². The van der Waals surface area contributed by atoms with Gasteiger partial charge in [0, 0.05) is 73.9 Å². The Morgan fingerprint density at radius 3 is 1.19 bits per heavy atom. The van der Waals surface area contributed by atoms with Gasteiger partial charge in [0.15, 0.2) is 54.6 Å². The molecule has 0 radical (unpaired) electrons. The Balaban J connectivity index is 0.000000190. The van der Waals surface area contributed by atoms with E-state index in [-0.39, 0.29) is 11.6 Å². The van der Waals surface area contributed by atoms with E-state index in [1.807, 2.05) is 39.8 Å². The third kappa shape index (κ3) is 11.7. The van der Waals surface area contributed by atoms with Crippen LogP contribution in [0.5, 0.6) is 23.0 Å². The maximum absolute atomic E-state index is 14.0. The van der Waals surface area contributed by atoms with E-state index in [9.17, 15) is 16.8 Å². The molecular formula is C54H60N12O10S2. The second-order valence-corrected chi connectivity index (χ2v) is 23.3. The molecule has 2 fully saturated rings. The van der Waals surface area contributed by atoms with Gasteiger partial charge in [-0.2, -0.15) is 0 Å². The smallest absolute Gasteiger partial charge is 0.170 e. The van der Waals surface area contributed by atoms with E-state index >= 15 is 0 Å². The summed E-state index contributed by atoms with van der Waals surface area (Å²) in [6, 6.07) is 14.5. The van der Waals surface area contributed by atoms with Crippen LogP contribution in [0.1, 0.15) is 83.4 Å². The highest BCUT2D eigenvalue weighted by atomic mass is 32.2. The fraction of sp³-hybridized carbons (Fsp3) is 0.370. The van der Waals surface area contributed by atoms with Crippen molar-refractivity contribution in [3.63, 3.8) is 0 Å². The zero-order valence-corrected chi connectivity index (χ0v) is 46.1. The van der Waals surface area contributed by atoms with Crippen LogP contribution in [0.25, 0.3) is 34.2 Å². The Morgan fingerprint density at radius 2 is 0.859 bits per heavy atom. The normalized spacial score (nSPS) is 17.6. The third-order valence-corrected chi connectivity index (χ3v) is 17.3. The number of pyridine rings is 2. The molecule has 6 aromatic heterocycles. The van der Waals surface area contributed by atoms with E-state index in [0.717, 1.165) is 22.3 Å². The van der Waals surface area contributed by atoms with Crippen LogP contribution in [0.2, 0.25) is 0 Å². The van der Waals surface area contributed by atoms with Gasteiger partial charge in [-0.25, -0.2) is 36.8 Å². The monoisotopic (exact) mass is 1100 g/mol. The molecule has 0 amide bonds. The maximum atomic E-state index is 14.0. The summed E-state index contributed by atoms with van der Waals surface area (Å²) < 4.78 is 93.8. The average Bonchev–Trinajstić information content (AvgIpc) is 4.12. The van der Waals surface area contributed by atoms with Crippen molar-refractivity contribution >= 4 is 19.7 Å². The number of methoxy groups -OCH3 is 4. The van der Waals surface area contributed by atoms with Crippen molar-refractivity contribution in [1.82, 2.24) is 59.4 Å². The first kappa shape index (κ1) is 55.0. The molecule has 4 atom stereocenters. The lowest BCUT2D eigenvalue weighted by molar-refractivity contribution is 0.0123. The van der Waals surface area contributed by atoms with Gasteiger partial charge in [0.25, 0.3) is 0 Å². The number of nitrogens with zero attached hydrogens (tertiary/aromatic N) is 12. The highest BCUT2D eigenvalue weighted by Gasteiger charge is 2.42. The molecule has 2 aliphatic heterocycles. The number of benzene rings is 2. The van der Waals surface area contributed by atoms with Crippen molar-refractivity contribution in [2.45, 2.75) is 87.6 Å². The van der Waals surface area contributed by atoms with Crippen LogP contribution < -0.4 is 18.9 Å². The van der Waals surface area contributed by atoms with Gasteiger partial charge in [0.05, 0.1) is 38.9 Å². The number of aromatic nitrogens is 12. The highest BCUT2D eigenvalue weighted by Crippen LogP contribution is 2.41. The summed E-state index contributed by atoms with van der Waals surface area (Å²) in [6.07, 6.45) is 14.0. The maximum Gasteiger partial charge on any atom is 0.170 e. The van der Waals surface area contributed by atoms with E-state index in [0.29, 0.717) is 108 Å². The summed E-state index contributed by atoms with van der Waals surface area (Å²) in [6.45, 7) is 8.46. The fourth-order valence-electron chi connectivity index (χ4n) is 9.52. The second-order valence-electron chi connectivity index (χ2n) is 18.9. The summed E-state index contributed by atoms with van der Waals surface area (Å²) in [4.78, 5) is 26.0. The van der Waals surface area contributed by atoms with Gasteiger partial charge in [-0.15, -0.1) is 20.4 Å². The number of hydrogen-bond donors (Lipinski definition) is 0. The van der Waals surface area contributed by atoms with E-state index in [4.69, 9.17) is 28.4 Å². The molecule has 0 unspecified atom stereocenters. The first-order chi connectivity index (χ1) is 37.6. The molecule has 2 saturated heterocycles. The van der Waals surface area contributed by atoms with Crippen LogP contribution >= 0.6 is 0 Å². The Hall–Kier alpha value is -7.80. The van der Waals surface area contributed by atoms with Crippen LogP contribution in [0.15, 0.2) is 98.1 Å². The van der Waals surface area contributed by atoms with E-state index in [2.05, 4.69) is 50.3 Å². The van der Waals surface area contributed by atoms with Gasteiger partial charge in [0.2, 0.25) is 0 Å². The molecule has 8 aromatic rings. The zero-order chi connectivity index (χ0) is 55.1. The fourth-order valence-corrected chi connectivity index (χ4v) is 13.2. The summed E-state index contributed by atoms with van der Waals surface area (Å²) in [7, 11) is -1.47. The molecule has 22 nitrogen and oxygen atoms in total. The Bertz CT molecular complexity index is 3340. The zero-order valence-electron chi connectivity index (χ0n) is 44.5. The Kier molecular flexibility index (Phi) is 16.8. The van der Waals surface area contributed by atoms with Crippen molar-refractivity contribution in [3.8, 4) is 57.1 Å². The molecule has 2 aliphatic rings. The molecule has 0 bridgehead atoms. The highest BCUT2D eigenvalue weighted by molar-refractivity contribution is 7.91. The standard InChI is InChI=1S/2C27H30N6O5S/c2*1-17-11-19(15-28-12-17)27-32-31-23(33(27)24-20(36-3)7-5-8-21(24)37-4)16-39(34,35)22-9-6-10-38-25(22)26-29-13-18(2)14-30-26/h2*5,7-8,11-15,22,25H,6,9-10,16H2,1-4H3/t2*22-,25-/m10/s1. The van der Waals surface area contributed by atoms with Gasteiger partial charge in [-0.05, 0) is 112 Å². The lowest BCUT2D eigenvalue weighted by Gasteiger charge is -2.30. The van der Waals surface area contributed by atoms with Gasteiger partial charge >= 0.3 is 0 Å². The lowest BCUT2D eigenvalue weighted by Crippen LogP contribution is -2.36. The number of para-hydroxylation sites is 2. The van der Waals surface area contributed by atoms with Crippen LogP contribution in [-0.4, -0.2) is 128 Å². The summed E-state index contributed by atoms with van der Waals surface area (Å²) in [5.74, 6) is 3.07. The second kappa shape index (κ2) is 23.8. The van der Waals surface area contributed by atoms with Gasteiger partial charge < -0.3 is 28.4 Å².